The van der Waals surface area contributed by atoms with Crippen molar-refractivity contribution in [1.82, 2.24) is 10.3 Å². The number of benzene rings is 2. The van der Waals surface area contributed by atoms with Crippen molar-refractivity contribution in [2.45, 2.75) is 82.8 Å². The summed E-state index contributed by atoms with van der Waals surface area (Å²) in [6.07, 6.45) is 15.2. The standard InChI is InChI=1S/C37H50FN3O5/c1-43-30-17-18-33(38)26(24-30)10-9-11-28-15-16-29(46-28)20-22-39-21-7-4-8-23-41-37(42)32-13-6-5-12-31(32)36(40-41)27-14-19-34(44-2)35(25-27)45-3/h5-6,14,17-19,24-25,28-29,31-32,39H,4,7-13,15-16,20-23H2,1-3H3/t28?,29?,31?,32-/m1/s1. The maximum atomic E-state index is 14.1. The predicted molar refractivity (Wildman–Crippen MR) is 178 cm³/mol. The fourth-order valence-corrected chi connectivity index (χ4v) is 6.93. The zero-order chi connectivity index (χ0) is 32.3. The molecule has 1 amide bonds. The monoisotopic (exact) mass is 635 g/mol. The van der Waals surface area contributed by atoms with Crippen LogP contribution in [0.3, 0.4) is 0 Å². The van der Waals surface area contributed by atoms with Crippen molar-refractivity contribution < 1.29 is 28.1 Å². The van der Waals surface area contributed by atoms with Gasteiger partial charge >= 0.3 is 0 Å². The Morgan fingerprint density at radius 3 is 2.43 bits per heavy atom. The number of hydrogen-bond acceptors (Lipinski definition) is 7. The summed E-state index contributed by atoms with van der Waals surface area (Å²) in [5, 5.41) is 10.2. The molecule has 3 aliphatic rings. The third-order valence-electron chi connectivity index (χ3n) is 9.55. The number of aryl methyl sites for hydroxylation is 1. The van der Waals surface area contributed by atoms with E-state index in [0.717, 1.165) is 88.6 Å². The van der Waals surface area contributed by atoms with Crippen LogP contribution in [0.15, 0.2) is 53.7 Å². The number of nitrogens with zero attached hydrogens (tertiary/aromatic N) is 2. The lowest BCUT2D eigenvalue weighted by Crippen LogP contribution is -2.45. The van der Waals surface area contributed by atoms with Gasteiger partial charge < -0.3 is 24.3 Å². The Balaban J connectivity index is 0.989. The van der Waals surface area contributed by atoms with Gasteiger partial charge in [0.15, 0.2) is 11.5 Å². The summed E-state index contributed by atoms with van der Waals surface area (Å²) in [6.45, 7) is 2.52. The maximum absolute atomic E-state index is 14.1. The Hall–Kier alpha value is -3.43. The minimum atomic E-state index is -0.166. The number of carbonyl (C=O) groups is 1. The maximum Gasteiger partial charge on any atom is 0.246 e. The van der Waals surface area contributed by atoms with E-state index in [1.807, 2.05) is 18.2 Å². The summed E-state index contributed by atoms with van der Waals surface area (Å²) in [5.41, 5.74) is 2.65. The van der Waals surface area contributed by atoms with Crippen LogP contribution in [0.25, 0.3) is 0 Å². The molecule has 0 aromatic heterocycles. The summed E-state index contributed by atoms with van der Waals surface area (Å²) >= 11 is 0. The van der Waals surface area contributed by atoms with Gasteiger partial charge in [-0.05, 0) is 119 Å². The van der Waals surface area contributed by atoms with Crippen LogP contribution in [0.5, 0.6) is 17.2 Å². The second-order valence-corrected chi connectivity index (χ2v) is 12.6. The fraction of sp³-hybridized carbons (Fsp3) is 0.568. The van der Waals surface area contributed by atoms with Gasteiger partial charge in [-0.1, -0.05) is 18.6 Å². The van der Waals surface area contributed by atoms with Crippen LogP contribution in [0, 0.1) is 17.7 Å². The number of ether oxygens (including phenoxy) is 4. The molecule has 46 heavy (non-hydrogen) atoms. The van der Waals surface area contributed by atoms with Crippen molar-refractivity contribution in [2.75, 3.05) is 41.0 Å². The molecule has 1 N–H and O–H groups in total. The highest BCUT2D eigenvalue weighted by atomic mass is 19.1. The largest absolute Gasteiger partial charge is 0.497 e. The Morgan fingerprint density at radius 2 is 1.65 bits per heavy atom. The molecule has 0 radical (unpaired) electrons. The summed E-state index contributed by atoms with van der Waals surface area (Å²) in [5.74, 6) is 2.03. The number of halogens is 1. The molecule has 1 saturated heterocycles. The van der Waals surface area contributed by atoms with E-state index in [1.165, 1.54) is 6.07 Å². The Bertz CT molecular complexity index is 1360. The molecule has 2 aromatic rings. The van der Waals surface area contributed by atoms with Crippen LogP contribution in [0.2, 0.25) is 0 Å². The molecule has 0 bridgehead atoms. The first-order chi connectivity index (χ1) is 22.5. The molecule has 0 saturated carbocycles. The van der Waals surface area contributed by atoms with Crippen molar-refractivity contribution in [1.29, 1.82) is 0 Å². The molecular weight excluding hydrogens is 585 g/mol. The Morgan fingerprint density at radius 1 is 0.870 bits per heavy atom. The first kappa shape index (κ1) is 33.9. The molecular formula is C37H50FN3O5. The number of amides is 1. The van der Waals surface area contributed by atoms with Gasteiger partial charge in [0.05, 0.1) is 45.2 Å². The molecule has 250 valence electrons. The predicted octanol–water partition coefficient (Wildman–Crippen LogP) is 6.70. The van der Waals surface area contributed by atoms with E-state index in [-0.39, 0.29) is 29.7 Å². The molecule has 8 nitrogen and oxygen atoms in total. The summed E-state index contributed by atoms with van der Waals surface area (Å²) in [6, 6.07) is 10.8. The van der Waals surface area contributed by atoms with Crippen molar-refractivity contribution in [3.8, 4) is 17.2 Å². The first-order valence-corrected chi connectivity index (χ1v) is 17.0. The minimum absolute atomic E-state index is 0.0689. The minimum Gasteiger partial charge on any atom is -0.497 e. The van der Waals surface area contributed by atoms with E-state index in [1.54, 1.807) is 38.5 Å². The van der Waals surface area contributed by atoms with E-state index in [2.05, 4.69) is 17.5 Å². The van der Waals surface area contributed by atoms with Crippen LogP contribution >= 0.6 is 0 Å². The van der Waals surface area contributed by atoms with Gasteiger partial charge in [0.2, 0.25) is 5.91 Å². The zero-order valence-corrected chi connectivity index (χ0v) is 27.6. The van der Waals surface area contributed by atoms with E-state index in [0.29, 0.717) is 41.9 Å². The van der Waals surface area contributed by atoms with Crippen LogP contribution in [-0.2, 0) is 16.0 Å². The molecule has 1 aliphatic carbocycles. The lowest BCUT2D eigenvalue weighted by Gasteiger charge is -2.37. The highest BCUT2D eigenvalue weighted by molar-refractivity contribution is 6.07. The zero-order valence-electron chi connectivity index (χ0n) is 27.6. The molecule has 0 spiro atoms. The van der Waals surface area contributed by atoms with Crippen LogP contribution < -0.4 is 19.5 Å². The van der Waals surface area contributed by atoms with Gasteiger partial charge in [0, 0.05) is 18.0 Å². The second-order valence-electron chi connectivity index (χ2n) is 12.6. The fourth-order valence-electron chi connectivity index (χ4n) is 6.93. The number of rotatable bonds is 17. The Kier molecular flexibility index (Phi) is 12.5. The topological polar surface area (TPSA) is 81.6 Å². The molecule has 3 unspecified atom stereocenters. The van der Waals surface area contributed by atoms with Gasteiger partial charge in [0.25, 0.3) is 0 Å². The van der Waals surface area contributed by atoms with Crippen molar-refractivity contribution in [3.63, 3.8) is 0 Å². The SMILES string of the molecule is COc1ccc(F)c(CCCC2CCC(CCNCCCCCN3N=C(c4ccc(OC)c(OC)c4)C4CC=CC[C@H]4C3=O)O2)c1. The lowest BCUT2D eigenvalue weighted by molar-refractivity contribution is -0.137. The number of fused-ring (bicyclic) bond motifs is 1. The van der Waals surface area contributed by atoms with Crippen LogP contribution in [-0.4, -0.2) is 69.8 Å². The summed E-state index contributed by atoms with van der Waals surface area (Å²) in [4.78, 5) is 13.4. The second kappa shape index (κ2) is 16.9. The third kappa shape index (κ3) is 8.68. The summed E-state index contributed by atoms with van der Waals surface area (Å²) < 4.78 is 36.6. The molecule has 9 heteroatoms. The van der Waals surface area contributed by atoms with Crippen LogP contribution in [0.4, 0.5) is 4.39 Å². The van der Waals surface area contributed by atoms with Crippen molar-refractivity contribution in [3.05, 3.63) is 65.5 Å². The average Bonchev–Trinajstić information content (AvgIpc) is 3.54. The quantitative estimate of drug-likeness (QED) is 0.154. The van der Waals surface area contributed by atoms with Crippen molar-refractivity contribution >= 4 is 11.6 Å². The molecule has 1 fully saturated rings. The average molecular weight is 636 g/mol. The molecule has 2 aliphatic heterocycles. The highest BCUT2D eigenvalue weighted by Crippen LogP contribution is 2.37. The van der Waals surface area contributed by atoms with Gasteiger partial charge in [-0.25, -0.2) is 9.40 Å². The molecule has 2 aromatic carbocycles. The smallest absolute Gasteiger partial charge is 0.246 e. The number of methoxy groups -OCH3 is 3. The number of allylic oxidation sites excluding steroid dienone is 2. The molecule has 5 rings (SSSR count). The van der Waals surface area contributed by atoms with Gasteiger partial charge in [-0.3, -0.25) is 4.79 Å². The van der Waals surface area contributed by atoms with Crippen LogP contribution in [0.1, 0.15) is 75.3 Å². The molecule has 2 heterocycles. The number of hydrazone groups is 1. The number of unbranched alkanes of at least 4 members (excludes halogenated alkanes) is 2. The first-order valence-electron chi connectivity index (χ1n) is 17.0. The normalized spacial score (nSPS) is 22.5. The van der Waals surface area contributed by atoms with Gasteiger partial charge in [0.1, 0.15) is 11.6 Å². The van der Waals surface area contributed by atoms with E-state index >= 15 is 0 Å². The highest BCUT2D eigenvalue weighted by Gasteiger charge is 2.40. The number of hydrogen-bond donors (Lipinski definition) is 1. The summed E-state index contributed by atoms with van der Waals surface area (Å²) in [7, 11) is 4.87. The third-order valence-corrected chi connectivity index (χ3v) is 9.55. The van der Waals surface area contributed by atoms with E-state index < -0.39 is 0 Å². The van der Waals surface area contributed by atoms with Gasteiger partial charge in [-0.2, -0.15) is 5.10 Å². The molecule has 4 atom stereocenters. The van der Waals surface area contributed by atoms with E-state index in [9.17, 15) is 9.18 Å². The number of carbonyl (C=O) groups excluding carboxylic acids is 1. The number of nitrogens with one attached hydrogen (secondary N) is 1. The van der Waals surface area contributed by atoms with E-state index in [4.69, 9.17) is 24.0 Å². The Labute approximate surface area is 273 Å². The van der Waals surface area contributed by atoms with Gasteiger partial charge in [-0.15, -0.1) is 0 Å². The van der Waals surface area contributed by atoms with Crippen molar-refractivity contribution in [2.24, 2.45) is 16.9 Å². The lowest BCUT2D eigenvalue weighted by atomic mass is 9.76.